The van der Waals surface area contributed by atoms with Gasteiger partial charge < -0.3 is 15.0 Å². The van der Waals surface area contributed by atoms with Crippen LogP contribution in [-0.2, 0) is 16.1 Å². The first kappa shape index (κ1) is 14.3. The molecule has 2 heterocycles. The van der Waals surface area contributed by atoms with Crippen LogP contribution in [0.25, 0.3) is 0 Å². The first-order valence-electron chi connectivity index (χ1n) is 6.29. The second-order valence-corrected chi connectivity index (χ2v) is 6.16. The number of anilines is 1. The summed E-state index contributed by atoms with van der Waals surface area (Å²) in [6.07, 6.45) is 0.141. The predicted octanol–water partition coefficient (Wildman–Crippen LogP) is 3.46. The van der Waals surface area contributed by atoms with Gasteiger partial charge >= 0.3 is 0 Å². The molecule has 2 aliphatic rings. The molecule has 1 unspecified atom stereocenters. The number of rotatable bonds is 3. The molecule has 0 spiro atoms. The Hall–Kier alpha value is -0.660. The number of nitrogens with one attached hydrogen (secondary N) is 1. The summed E-state index contributed by atoms with van der Waals surface area (Å²) in [6, 6.07) is 1.70. The van der Waals surface area contributed by atoms with E-state index in [1.807, 2.05) is 0 Å². The Balaban J connectivity index is 1.75. The molecular weight excluding hydrogens is 319 g/mol. The Morgan fingerprint density at radius 2 is 2.20 bits per heavy atom. The van der Waals surface area contributed by atoms with E-state index in [2.05, 4.69) is 26.0 Å². The minimum absolute atomic E-state index is 0.141. The lowest BCUT2D eigenvalue weighted by molar-refractivity contribution is -0.0117. The van der Waals surface area contributed by atoms with E-state index < -0.39 is 0 Å². The molecule has 3 rings (SSSR count). The summed E-state index contributed by atoms with van der Waals surface area (Å²) in [5.41, 5.74) is 2.18. The van der Waals surface area contributed by atoms with Crippen LogP contribution in [0.15, 0.2) is 14.8 Å². The molecule has 1 fully saturated rings. The van der Waals surface area contributed by atoms with Gasteiger partial charge in [0, 0.05) is 19.6 Å². The molecule has 0 aromatic heterocycles. The third kappa shape index (κ3) is 2.84. The number of halogens is 2. The summed E-state index contributed by atoms with van der Waals surface area (Å²) in [7, 11) is 2.09. The SMILES string of the molecule is CN1CCOC(CNc2c(Cl)cc(Cl)c3c2N=S=N3)C1. The second kappa shape index (κ2) is 5.99. The molecular formula is C12H14Cl2N4OS. The molecule has 1 aromatic rings. The lowest BCUT2D eigenvalue weighted by Crippen LogP contribution is -2.43. The summed E-state index contributed by atoms with van der Waals surface area (Å²) in [4.78, 5) is 2.25. The smallest absolute Gasteiger partial charge is 0.130 e. The summed E-state index contributed by atoms with van der Waals surface area (Å²) in [6.45, 7) is 3.30. The van der Waals surface area contributed by atoms with E-state index in [9.17, 15) is 0 Å². The van der Waals surface area contributed by atoms with Crippen molar-refractivity contribution < 1.29 is 4.74 Å². The van der Waals surface area contributed by atoms with Gasteiger partial charge in [-0.2, -0.15) is 8.73 Å². The van der Waals surface area contributed by atoms with Crippen LogP contribution in [0.1, 0.15) is 0 Å². The van der Waals surface area contributed by atoms with Crippen molar-refractivity contribution in [2.45, 2.75) is 6.10 Å². The number of likely N-dealkylation sites (N-methyl/N-ethyl adjacent to an activating group) is 1. The maximum atomic E-state index is 6.25. The van der Waals surface area contributed by atoms with Crippen LogP contribution in [0.4, 0.5) is 17.1 Å². The van der Waals surface area contributed by atoms with Crippen LogP contribution >= 0.6 is 23.2 Å². The summed E-state index contributed by atoms with van der Waals surface area (Å²) in [5.74, 6) is 0. The van der Waals surface area contributed by atoms with Gasteiger partial charge in [0.25, 0.3) is 0 Å². The molecule has 8 heteroatoms. The molecule has 0 bridgehead atoms. The highest BCUT2D eigenvalue weighted by Crippen LogP contribution is 2.47. The summed E-state index contributed by atoms with van der Waals surface area (Å²) < 4.78 is 14.2. The fraction of sp³-hybridized carbons (Fsp3) is 0.500. The molecule has 1 N–H and O–H groups in total. The summed E-state index contributed by atoms with van der Waals surface area (Å²) in [5, 5.41) is 4.40. The first-order valence-corrected chi connectivity index (χ1v) is 7.78. The van der Waals surface area contributed by atoms with Crippen LogP contribution < -0.4 is 5.32 Å². The highest BCUT2D eigenvalue weighted by Gasteiger charge is 2.21. The highest BCUT2D eigenvalue weighted by atomic mass is 35.5. The van der Waals surface area contributed by atoms with Crippen molar-refractivity contribution in [3.63, 3.8) is 0 Å². The van der Waals surface area contributed by atoms with Gasteiger partial charge in [0.15, 0.2) is 0 Å². The first-order chi connectivity index (χ1) is 9.65. The van der Waals surface area contributed by atoms with E-state index in [4.69, 9.17) is 27.9 Å². The van der Waals surface area contributed by atoms with Crippen molar-refractivity contribution in [1.82, 2.24) is 4.90 Å². The van der Waals surface area contributed by atoms with Gasteiger partial charge in [-0.05, 0) is 13.1 Å². The third-order valence-corrected chi connectivity index (χ3v) is 4.41. The van der Waals surface area contributed by atoms with Gasteiger partial charge in [-0.25, -0.2) is 0 Å². The molecule has 0 aliphatic carbocycles. The van der Waals surface area contributed by atoms with Crippen LogP contribution in [0, 0.1) is 0 Å². The molecule has 1 saturated heterocycles. The third-order valence-electron chi connectivity index (χ3n) is 3.29. The topological polar surface area (TPSA) is 49.2 Å². The normalized spacial score (nSPS) is 21.6. The van der Waals surface area contributed by atoms with Crippen molar-refractivity contribution in [2.75, 3.05) is 38.6 Å². The molecule has 2 aliphatic heterocycles. The molecule has 0 radical (unpaired) electrons. The fourth-order valence-electron chi connectivity index (χ4n) is 2.25. The minimum Gasteiger partial charge on any atom is -0.379 e. The zero-order chi connectivity index (χ0) is 14.1. The predicted molar refractivity (Wildman–Crippen MR) is 83.7 cm³/mol. The largest absolute Gasteiger partial charge is 0.379 e. The Bertz CT molecular complexity index is 604. The number of nitrogens with zero attached hydrogens (tertiary/aromatic N) is 3. The molecule has 1 aromatic carbocycles. The highest BCUT2D eigenvalue weighted by molar-refractivity contribution is 7.58. The van der Waals surface area contributed by atoms with Gasteiger partial charge in [0.1, 0.15) is 11.4 Å². The molecule has 0 amide bonds. The van der Waals surface area contributed by atoms with E-state index in [1.165, 1.54) is 0 Å². The molecule has 108 valence electrons. The number of hydrogen-bond donors (Lipinski definition) is 1. The Kier molecular flexibility index (Phi) is 4.28. The van der Waals surface area contributed by atoms with Gasteiger partial charge in [-0.3, -0.25) is 0 Å². The molecule has 1 atom stereocenters. The number of hydrogen-bond acceptors (Lipinski definition) is 5. The molecule has 5 nitrogen and oxygen atoms in total. The van der Waals surface area contributed by atoms with Gasteiger partial charge in [-0.15, -0.1) is 0 Å². The van der Waals surface area contributed by atoms with E-state index in [1.54, 1.807) is 6.07 Å². The van der Waals surface area contributed by atoms with Crippen LogP contribution in [0.5, 0.6) is 0 Å². The minimum atomic E-state index is 0.141. The standard InChI is InChI=1S/C12H14Cl2N4OS/c1-18-2-3-19-7(6-18)5-15-10-8(13)4-9(14)11-12(10)17-20-16-11/h4,7,15H,2-3,5-6H2,1H3. The lowest BCUT2D eigenvalue weighted by Gasteiger charge is -2.30. The van der Waals surface area contributed by atoms with E-state index in [0.717, 1.165) is 42.4 Å². The fourth-order valence-corrected chi connectivity index (χ4v) is 3.43. The van der Waals surface area contributed by atoms with Gasteiger partial charge in [-0.1, -0.05) is 23.2 Å². The average molecular weight is 333 g/mol. The Labute approximate surface area is 131 Å². The molecule has 20 heavy (non-hydrogen) atoms. The van der Waals surface area contributed by atoms with Crippen molar-refractivity contribution in [3.8, 4) is 0 Å². The van der Waals surface area contributed by atoms with Gasteiger partial charge in [0.05, 0.1) is 39.8 Å². The number of ether oxygens (including phenoxy) is 1. The van der Waals surface area contributed by atoms with Crippen LogP contribution in [0.3, 0.4) is 0 Å². The summed E-state index contributed by atoms with van der Waals surface area (Å²) >= 11 is 13.5. The Morgan fingerprint density at radius 1 is 1.40 bits per heavy atom. The maximum absolute atomic E-state index is 6.25. The maximum Gasteiger partial charge on any atom is 0.130 e. The van der Waals surface area contributed by atoms with Crippen LogP contribution in [-0.4, -0.2) is 44.3 Å². The zero-order valence-electron chi connectivity index (χ0n) is 10.9. The van der Waals surface area contributed by atoms with Crippen LogP contribution in [0.2, 0.25) is 10.0 Å². The average Bonchev–Trinajstić information content (AvgIpc) is 2.88. The lowest BCUT2D eigenvalue weighted by atomic mass is 10.2. The van der Waals surface area contributed by atoms with Crippen molar-refractivity contribution in [3.05, 3.63) is 16.1 Å². The van der Waals surface area contributed by atoms with E-state index >= 15 is 0 Å². The molecule has 0 saturated carbocycles. The number of benzene rings is 1. The van der Waals surface area contributed by atoms with E-state index in [0.29, 0.717) is 22.3 Å². The monoisotopic (exact) mass is 332 g/mol. The second-order valence-electron chi connectivity index (χ2n) is 4.81. The number of fused-ring (bicyclic) bond motifs is 1. The van der Waals surface area contributed by atoms with Crippen molar-refractivity contribution >= 4 is 51.6 Å². The van der Waals surface area contributed by atoms with E-state index in [-0.39, 0.29) is 6.10 Å². The quantitative estimate of drug-likeness (QED) is 0.936. The van der Waals surface area contributed by atoms with Crippen molar-refractivity contribution in [1.29, 1.82) is 0 Å². The zero-order valence-corrected chi connectivity index (χ0v) is 13.2. The van der Waals surface area contributed by atoms with Crippen molar-refractivity contribution in [2.24, 2.45) is 8.73 Å². The Morgan fingerprint density at radius 3 is 3.00 bits per heavy atom. The van der Waals surface area contributed by atoms with Gasteiger partial charge in [0.2, 0.25) is 0 Å². The number of morpholine rings is 1.